The number of rotatable bonds is 2. The minimum atomic E-state index is 0.173. The quantitative estimate of drug-likeness (QED) is 0.736. The van der Waals surface area contributed by atoms with Crippen molar-refractivity contribution in [1.29, 1.82) is 0 Å². The van der Waals surface area contributed by atoms with Gasteiger partial charge in [0.2, 0.25) is 0 Å². The first-order valence-electron chi connectivity index (χ1n) is 4.14. The van der Waals surface area contributed by atoms with E-state index in [-0.39, 0.29) is 11.5 Å². The number of carbonyl (C=O) groups excluding carboxylic acids is 1. The molecule has 2 rings (SSSR count). The Labute approximate surface area is 80.6 Å². The van der Waals surface area contributed by atoms with Crippen molar-refractivity contribution in [3.63, 3.8) is 0 Å². The van der Waals surface area contributed by atoms with Crippen molar-refractivity contribution in [2.24, 2.45) is 0 Å². The lowest BCUT2D eigenvalue weighted by molar-refractivity contribution is 0.110. The van der Waals surface area contributed by atoms with Crippen LogP contribution in [0, 0.1) is 0 Å². The second-order valence-electron chi connectivity index (χ2n) is 2.87. The maximum Gasteiger partial charge on any atom is 0.185 e. The van der Waals surface area contributed by atoms with Gasteiger partial charge >= 0.3 is 0 Å². The number of benzene rings is 1. The molecule has 0 fully saturated rings. The number of hydrogen-bond acceptors (Lipinski definition) is 3. The third-order valence-corrected chi connectivity index (χ3v) is 1.87. The molecule has 14 heavy (non-hydrogen) atoms. The predicted molar refractivity (Wildman–Crippen MR) is 51.2 cm³/mol. The Kier molecular flexibility index (Phi) is 2.07. The number of hydrogen-bond donors (Lipinski definition) is 1. The van der Waals surface area contributed by atoms with E-state index in [1.807, 2.05) is 0 Å². The maximum absolute atomic E-state index is 10.4. The molecular weight excluding hydrogens is 180 g/mol. The highest BCUT2D eigenvalue weighted by molar-refractivity contribution is 5.72. The fraction of sp³-hybridized carbons (Fsp3) is 0. The molecule has 0 aliphatic rings. The van der Waals surface area contributed by atoms with Gasteiger partial charge in [0.25, 0.3) is 0 Å². The smallest absolute Gasteiger partial charge is 0.185 e. The molecule has 0 aliphatic heterocycles. The Morgan fingerprint density at radius 2 is 2.07 bits per heavy atom. The summed E-state index contributed by atoms with van der Waals surface area (Å²) in [5.41, 5.74) is 0.748. The Hall–Kier alpha value is -2.03. The zero-order valence-electron chi connectivity index (χ0n) is 7.31. The van der Waals surface area contributed by atoms with Gasteiger partial charge in [0.1, 0.15) is 11.5 Å². The Balaban J connectivity index is 2.43. The molecule has 2 aromatic rings. The maximum atomic E-state index is 10.4. The first kappa shape index (κ1) is 8.56. The zero-order valence-corrected chi connectivity index (χ0v) is 7.31. The number of aldehydes is 1. The Morgan fingerprint density at radius 1 is 1.21 bits per heavy atom. The van der Waals surface area contributed by atoms with Crippen molar-refractivity contribution in [1.82, 2.24) is 0 Å². The van der Waals surface area contributed by atoms with E-state index in [0.717, 1.165) is 5.56 Å². The van der Waals surface area contributed by atoms with Crippen LogP contribution < -0.4 is 0 Å². The highest BCUT2D eigenvalue weighted by Crippen LogP contribution is 2.24. The van der Waals surface area contributed by atoms with Crippen LogP contribution in [0.4, 0.5) is 0 Å². The van der Waals surface area contributed by atoms with Crippen molar-refractivity contribution < 1.29 is 14.3 Å². The highest BCUT2D eigenvalue weighted by Gasteiger charge is 2.03. The summed E-state index contributed by atoms with van der Waals surface area (Å²) in [6.07, 6.45) is 0.645. The van der Waals surface area contributed by atoms with Crippen LogP contribution in [0.2, 0.25) is 0 Å². The van der Waals surface area contributed by atoms with E-state index in [4.69, 9.17) is 4.42 Å². The topological polar surface area (TPSA) is 50.4 Å². The molecule has 1 heterocycles. The van der Waals surface area contributed by atoms with Gasteiger partial charge in [-0.3, -0.25) is 4.79 Å². The van der Waals surface area contributed by atoms with Gasteiger partial charge < -0.3 is 9.52 Å². The van der Waals surface area contributed by atoms with Crippen LogP contribution in [0.3, 0.4) is 0 Å². The lowest BCUT2D eigenvalue weighted by Gasteiger charge is -1.96. The van der Waals surface area contributed by atoms with Crippen LogP contribution in [0.25, 0.3) is 11.3 Å². The SMILES string of the molecule is O=Cc1ccc(-c2cccc(O)c2)o1. The number of aromatic hydroxyl groups is 1. The molecule has 0 unspecified atom stereocenters. The van der Waals surface area contributed by atoms with Crippen LogP contribution in [-0.4, -0.2) is 11.4 Å². The molecule has 0 amide bonds. The van der Waals surface area contributed by atoms with Crippen molar-refractivity contribution in [3.8, 4) is 17.1 Å². The van der Waals surface area contributed by atoms with E-state index in [0.29, 0.717) is 12.0 Å². The zero-order chi connectivity index (χ0) is 9.97. The molecule has 3 nitrogen and oxygen atoms in total. The molecular formula is C11H8O3. The minimum absolute atomic E-state index is 0.173. The number of phenols is 1. The highest BCUT2D eigenvalue weighted by atomic mass is 16.3. The van der Waals surface area contributed by atoms with E-state index in [1.54, 1.807) is 36.4 Å². The molecule has 0 aliphatic carbocycles. The summed E-state index contributed by atoms with van der Waals surface area (Å²) < 4.78 is 5.19. The summed E-state index contributed by atoms with van der Waals surface area (Å²) in [5.74, 6) is 1.03. The molecule has 0 saturated carbocycles. The molecule has 1 N–H and O–H groups in total. The average Bonchev–Trinajstić information content (AvgIpc) is 2.66. The first-order chi connectivity index (χ1) is 6.79. The Bertz CT molecular complexity index is 457. The van der Waals surface area contributed by atoms with Gasteiger partial charge in [0.15, 0.2) is 12.0 Å². The molecule has 0 atom stereocenters. The number of furan rings is 1. The second-order valence-corrected chi connectivity index (χ2v) is 2.87. The Morgan fingerprint density at radius 3 is 2.71 bits per heavy atom. The van der Waals surface area contributed by atoms with E-state index >= 15 is 0 Å². The standard InChI is InChI=1S/C11H8O3/c12-7-10-4-5-11(14-10)8-2-1-3-9(13)6-8/h1-7,13H. The summed E-state index contributed by atoms with van der Waals surface area (Å²) in [5, 5.41) is 9.23. The van der Waals surface area contributed by atoms with Gasteiger partial charge in [0, 0.05) is 5.56 Å². The minimum Gasteiger partial charge on any atom is -0.508 e. The lowest BCUT2D eigenvalue weighted by Crippen LogP contribution is -1.73. The average molecular weight is 188 g/mol. The summed E-state index contributed by atoms with van der Waals surface area (Å²) >= 11 is 0. The largest absolute Gasteiger partial charge is 0.508 e. The van der Waals surface area contributed by atoms with Crippen LogP contribution in [0.1, 0.15) is 10.6 Å². The molecule has 70 valence electrons. The molecule has 0 radical (unpaired) electrons. The van der Waals surface area contributed by atoms with Crippen molar-refractivity contribution in [3.05, 3.63) is 42.2 Å². The number of carbonyl (C=O) groups is 1. The van der Waals surface area contributed by atoms with Gasteiger partial charge in [-0.25, -0.2) is 0 Å². The van der Waals surface area contributed by atoms with E-state index in [1.165, 1.54) is 0 Å². The van der Waals surface area contributed by atoms with Gasteiger partial charge in [0.05, 0.1) is 0 Å². The van der Waals surface area contributed by atoms with Crippen LogP contribution in [0.5, 0.6) is 5.75 Å². The fourth-order valence-corrected chi connectivity index (χ4v) is 1.23. The summed E-state index contributed by atoms with van der Waals surface area (Å²) in [6, 6.07) is 9.95. The fourth-order valence-electron chi connectivity index (χ4n) is 1.23. The third kappa shape index (κ3) is 1.52. The van der Waals surface area contributed by atoms with Crippen LogP contribution in [0.15, 0.2) is 40.8 Å². The van der Waals surface area contributed by atoms with E-state index in [9.17, 15) is 9.90 Å². The van der Waals surface area contributed by atoms with Crippen molar-refractivity contribution in [2.75, 3.05) is 0 Å². The molecule has 0 saturated heterocycles. The van der Waals surface area contributed by atoms with Gasteiger partial charge in [-0.05, 0) is 24.3 Å². The summed E-state index contributed by atoms with van der Waals surface area (Å²) in [4.78, 5) is 10.4. The molecule has 0 bridgehead atoms. The first-order valence-corrected chi connectivity index (χ1v) is 4.14. The third-order valence-electron chi connectivity index (χ3n) is 1.87. The molecule has 1 aromatic carbocycles. The van der Waals surface area contributed by atoms with Gasteiger partial charge in [-0.1, -0.05) is 12.1 Å². The van der Waals surface area contributed by atoms with Crippen LogP contribution in [-0.2, 0) is 0 Å². The van der Waals surface area contributed by atoms with E-state index in [2.05, 4.69) is 0 Å². The summed E-state index contributed by atoms with van der Waals surface area (Å²) in [6.45, 7) is 0. The number of phenolic OH excluding ortho intramolecular Hbond substituents is 1. The van der Waals surface area contributed by atoms with E-state index < -0.39 is 0 Å². The molecule has 1 aromatic heterocycles. The molecule has 3 heteroatoms. The predicted octanol–water partition coefficient (Wildman–Crippen LogP) is 2.46. The van der Waals surface area contributed by atoms with Crippen molar-refractivity contribution in [2.45, 2.75) is 0 Å². The normalized spacial score (nSPS) is 10.0. The lowest BCUT2D eigenvalue weighted by atomic mass is 10.2. The second kappa shape index (κ2) is 3.38. The van der Waals surface area contributed by atoms with Crippen LogP contribution >= 0.6 is 0 Å². The van der Waals surface area contributed by atoms with Gasteiger partial charge in [-0.2, -0.15) is 0 Å². The monoisotopic (exact) mass is 188 g/mol. The summed E-state index contributed by atoms with van der Waals surface area (Å²) in [7, 11) is 0. The molecule has 0 spiro atoms. The van der Waals surface area contributed by atoms with Crippen molar-refractivity contribution >= 4 is 6.29 Å². The van der Waals surface area contributed by atoms with Gasteiger partial charge in [-0.15, -0.1) is 0 Å².